The molecule has 2 aliphatic heterocycles. The van der Waals surface area contributed by atoms with Crippen molar-refractivity contribution in [2.75, 3.05) is 45.9 Å². The van der Waals surface area contributed by atoms with Crippen LogP contribution in [0.15, 0.2) is 12.2 Å². The highest BCUT2D eigenvalue weighted by Crippen LogP contribution is 2.14. The lowest BCUT2D eigenvalue weighted by atomic mass is 10.2. The van der Waals surface area contributed by atoms with Gasteiger partial charge in [-0.25, -0.2) is 0 Å². The molecular weight excluding hydrogens is 200 g/mol. The van der Waals surface area contributed by atoms with E-state index in [1.165, 1.54) is 44.6 Å². The van der Waals surface area contributed by atoms with Crippen LogP contribution in [0, 0.1) is 0 Å². The molecule has 16 heavy (non-hydrogen) atoms. The minimum absolute atomic E-state index is 0.507. The van der Waals surface area contributed by atoms with Gasteiger partial charge in [0, 0.05) is 45.9 Å². The smallest absolute Gasteiger partial charge is 0.0702 e. The lowest BCUT2D eigenvalue weighted by Gasteiger charge is -2.35. The summed E-state index contributed by atoms with van der Waals surface area (Å²) in [6, 6.07) is 0. The molecule has 0 saturated carbocycles. The van der Waals surface area contributed by atoms with Gasteiger partial charge in [-0.05, 0) is 19.8 Å². The Bertz CT molecular complexity index is 228. The molecule has 0 aliphatic carbocycles. The van der Waals surface area contributed by atoms with Crippen molar-refractivity contribution >= 4 is 0 Å². The first-order valence-electron chi connectivity index (χ1n) is 6.45. The van der Waals surface area contributed by atoms with Crippen molar-refractivity contribution in [1.29, 1.82) is 0 Å². The lowest BCUT2D eigenvalue weighted by molar-refractivity contribution is 0.0522. The minimum atomic E-state index is 0.507. The molecule has 2 rings (SSSR count). The zero-order chi connectivity index (χ0) is 11.4. The third-order valence-corrected chi connectivity index (χ3v) is 3.44. The predicted molar refractivity (Wildman–Crippen MR) is 66.7 cm³/mol. The number of ether oxygens (including phenoxy) is 1. The largest absolute Gasteiger partial charge is 0.377 e. The van der Waals surface area contributed by atoms with Crippen LogP contribution in [0.2, 0.25) is 0 Å². The Hall–Kier alpha value is -0.380. The summed E-state index contributed by atoms with van der Waals surface area (Å²) in [5, 5.41) is 0. The fraction of sp³-hybridized carbons (Fsp3) is 0.846. The highest BCUT2D eigenvalue weighted by molar-refractivity contribution is 4.93. The van der Waals surface area contributed by atoms with Gasteiger partial charge in [-0.15, -0.1) is 0 Å². The van der Waals surface area contributed by atoms with E-state index < -0.39 is 0 Å². The maximum absolute atomic E-state index is 5.68. The second-order valence-electron chi connectivity index (χ2n) is 5.17. The number of piperazine rings is 1. The number of rotatable bonds is 4. The Kier molecular flexibility index (Phi) is 4.38. The van der Waals surface area contributed by atoms with E-state index in [1.807, 2.05) is 0 Å². The van der Waals surface area contributed by atoms with Gasteiger partial charge in [0.2, 0.25) is 0 Å². The highest BCUT2D eigenvalue weighted by atomic mass is 16.5. The summed E-state index contributed by atoms with van der Waals surface area (Å²) in [5.74, 6) is 0. The summed E-state index contributed by atoms with van der Waals surface area (Å²) in [7, 11) is 0. The van der Waals surface area contributed by atoms with Crippen LogP contribution in [0.3, 0.4) is 0 Å². The molecule has 0 aromatic rings. The Morgan fingerprint density at radius 3 is 2.50 bits per heavy atom. The quantitative estimate of drug-likeness (QED) is 0.671. The van der Waals surface area contributed by atoms with E-state index in [1.54, 1.807) is 0 Å². The molecule has 0 bridgehead atoms. The molecule has 0 N–H and O–H groups in total. The van der Waals surface area contributed by atoms with Gasteiger partial charge in [0.15, 0.2) is 0 Å². The van der Waals surface area contributed by atoms with Gasteiger partial charge in [-0.3, -0.25) is 9.80 Å². The first-order chi connectivity index (χ1) is 7.74. The van der Waals surface area contributed by atoms with Crippen molar-refractivity contribution in [1.82, 2.24) is 9.80 Å². The van der Waals surface area contributed by atoms with E-state index in [0.29, 0.717) is 6.10 Å². The molecule has 3 nitrogen and oxygen atoms in total. The van der Waals surface area contributed by atoms with Crippen LogP contribution < -0.4 is 0 Å². The third kappa shape index (κ3) is 3.58. The van der Waals surface area contributed by atoms with Crippen LogP contribution in [0.1, 0.15) is 19.8 Å². The Morgan fingerprint density at radius 1 is 1.25 bits per heavy atom. The molecule has 0 aromatic carbocycles. The van der Waals surface area contributed by atoms with Crippen molar-refractivity contribution < 1.29 is 4.74 Å². The van der Waals surface area contributed by atoms with Crippen molar-refractivity contribution in [2.45, 2.75) is 25.9 Å². The van der Waals surface area contributed by atoms with Crippen molar-refractivity contribution in [3.05, 3.63) is 12.2 Å². The molecule has 0 amide bonds. The summed E-state index contributed by atoms with van der Waals surface area (Å²) in [5.41, 5.74) is 1.27. The Morgan fingerprint density at radius 2 is 1.94 bits per heavy atom. The molecule has 0 radical (unpaired) electrons. The average Bonchev–Trinajstić information content (AvgIpc) is 2.73. The summed E-state index contributed by atoms with van der Waals surface area (Å²) in [4.78, 5) is 5.04. The third-order valence-electron chi connectivity index (χ3n) is 3.44. The van der Waals surface area contributed by atoms with Gasteiger partial charge < -0.3 is 4.74 Å². The second kappa shape index (κ2) is 5.80. The maximum atomic E-state index is 5.68. The number of hydrogen-bond acceptors (Lipinski definition) is 3. The van der Waals surface area contributed by atoms with Crippen LogP contribution >= 0.6 is 0 Å². The van der Waals surface area contributed by atoms with Gasteiger partial charge in [0.1, 0.15) is 0 Å². The fourth-order valence-electron chi connectivity index (χ4n) is 2.59. The molecule has 2 saturated heterocycles. The van der Waals surface area contributed by atoms with Gasteiger partial charge in [-0.2, -0.15) is 0 Å². The normalized spacial score (nSPS) is 28.4. The highest BCUT2D eigenvalue weighted by Gasteiger charge is 2.22. The van der Waals surface area contributed by atoms with Crippen molar-refractivity contribution in [3.63, 3.8) is 0 Å². The molecule has 1 atom stereocenters. The molecule has 92 valence electrons. The molecule has 0 aromatic heterocycles. The number of hydrogen-bond donors (Lipinski definition) is 0. The zero-order valence-electron chi connectivity index (χ0n) is 10.5. The van der Waals surface area contributed by atoms with Crippen LogP contribution in [0.4, 0.5) is 0 Å². The van der Waals surface area contributed by atoms with Crippen LogP contribution in [0.5, 0.6) is 0 Å². The molecule has 2 aliphatic rings. The van der Waals surface area contributed by atoms with Gasteiger partial charge in [0.25, 0.3) is 0 Å². The summed E-state index contributed by atoms with van der Waals surface area (Å²) in [6.45, 7) is 14.0. The van der Waals surface area contributed by atoms with E-state index in [9.17, 15) is 0 Å². The molecule has 0 unspecified atom stereocenters. The van der Waals surface area contributed by atoms with E-state index in [2.05, 4.69) is 23.3 Å². The number of nitrogens with zero attached hydrogens (tertiary/aromatic N) is 2. The van der Waals surface area contributed by atoms with Gasteiger partial charge in [-0.1, -0.05) is 12.2 Å². The Balaban J connectivity index is 1.66. The van der Waals surface area contributed by atoms with Crippen molar-refractivity contribution in [3.8, 4) is 0 Å². The first-order valence-corrected chi connectivity index (χ1v) is 6.45. The van der Waals surface area contributed by atoms with Crippen LogP contribution in [-0.4, -0.2) is 61.8 Å². The maximum Gasteiger partial charge on any atom is 0.0702 e. The molecule has 3 heteroatoms. The van der Waals surface area contributed by atoms with E-state index in [4.69, 9.17) is 4.74 Å². The zero-order valence-corrected chi connectivity index (χ0v) is 10.5. The second-order valence-corrected chi connectivity index (χ2v) is 5.17. The molecule has 0 spiro atoms. The Labute approximate surface area is 99.1 Å². The topological polar surface area (TPSA) is 15.7 Å². The van der Waals surface area contributed by atoms with Gasteiger partial charge >= 0.3 is 0 Å². The van der Waals surface area contributed by atoms with E-state index >= 15 is 0 Å². The summed E-state index contributed by atoms with van der Waals surface area (Å²) >= 11 is 0. The molecule has 2 fully saturated rings. The van der Waals surface area contributed by atoms with E-state index in [0.717, 1.165) is 19.7 Å². The fourth-order valence-corrected chi connectivity index (χ4v) is 2.59. The van der Waals surface area contributed by atoms with Gasteiger partial charge in [0.05, 0.1) is 6.10 Å². The van der Waals surface area contributed by atoms with Crippen LogP contribution in [-0.2, 0) is 4.74 Å². The monoisotopic (exact) mass is 224 g/mol. The molecular formula is C13H24N2O. The minimum Gasteiger partial charge on any atom is -0.377 e. The average molecular weight is 224 g/mol. The lowest BCUT2D eigenvalue weighted by Crippen LogP contribution is -2.48. The summed E-state index contributed by atoms with van der Waals surface area (Å²) in [6.07, 6.45) is 3.01. The van der Waals surface area contributed by atoms with Crippen LogP contribution in [0.25, 0.3) is 0 Å². The predicted octanol–water partition coefficient (Wildman–Crippen LogP) is 1.36. The SMILES string of the molecule is C=C(C)CN1CCN(C[C@H]2CCCO2)CC1. The first kappa shape index (κ1) is 12.1. The summed E-state index contributed by atoms with van der Waals surface area (Å²) < 4.78 is 5.68. The van der Waals surface area contributed by atoms with E-state index in [-0.39, 0.29) is 0 Å². The molecule has 2 heterocycles. The van der Waals surface area contributed by atoms with Crippen molar-refractivity contribution in [2.24, 2.45) is 0 Å². The standard InChI is InChI=1S/C13H24N2O/c1-12(2)10-14-5-7-15(8-6-14)11-13-4-3-9-16-13/h13H,1,3-11H2,2H3/t13-/m1/s1.